The highest BCUT2D eigenvalue weighted by Gasteiger charge is 2.73. The molecule has 1 rings (SSSR count). The predicted molar refractivity (Wildman–Crippen MR) is 66.6 cm³/mol. The zero-order chi connectivity index (χ0) is 15.9. The predicted octanol–water partition coefficient (Wildman–Crippen LogP) is 5.07. The minimum atomic E-state index is -6.11. The number of benzene rings is 1. The number of halogens is 7. The number of anilines is 1. The van der Waals surface area contributed by atoms with Crippen LogP contribution in [0.1, 0.15) is 31.0 Å². The van der Waals surface area contributed by atoms with E-state index in [2.05, 4.69) is 0 Å². The molecule has 0 aromatic heterocycles. The second-order valence-electron chi connectivity index (χ2n) is 4.37. The molecule has 1 nitrogen and oxygen atoms in total. The zero-order valence-corrected chi connectivity index (χ0v) is 10.6. The van der Waals surface area contributed by atoms with Crippen molar-refractivity contribution in [2.75, 3.05) is 5.73 Å². The van der Waals surface area contributed by atoms with Gasteiger partial charge in [-0.3, -0.25) is 0 Å². The van der Waals surface area contributed by atoms with Crippen molar-refractivity contribution in [2.24, 2.45) is 0 Å². The first kappa shape index (κ1) is 19.5. The van der Waals surface area contributed by atoms with Gasteiger partial charge in [0.15, 0.2) is 0 Å². The molecule has 0 fully saturated rings. The van der Waals surface area contributed by atoms with Gasteiger partial charge in [0, 0.05) is 11.3 Å². The van der Waals surface area contributed by atoms with E-state index in [0.717, 1.165) is 0 Å². The highest BCUT2D eigenvalue weighted by Crippen LogP contribution is 2.53. The average molecular weight is 319 g/mol. The largest absolute Gasteiger partial charge is 0.435 e. The molecule has 1 aromatic carbocycles. The lowest BCUT2D eigenvalue weighted by atomic mass is 9.90. The van der Waals surface area contributed by atoms with Crippen LogP contribution in [0, 0.1) is 6.92 Å². The van der Waals surface area contributed by atoms with Crippen LogP contribution in [0.25, 0.3) is 0 Å². The topological polar surface area (TPSA) is 26.0 Å². The third-order valence-corrected chi connectivity index (χ3v) is 3.03. The zero-order valence-electron chi connectivity index (χ0n) is 10.6. The fourth-order valence-electron chi connectivity index (χ4n) is 1.85. The number of nitrogens with two attached hydrogens (primary N) is 1. The van der Waals surface area contributed by atoms with E-state index in [1.165, 1.54) is 13.8 Å². The molecule has 0 saturated carbocycles. The number of alkyl halides is 7. The smallest absolute Gasteiger partial charge is 0.398 e. The van der Waals surface area contributed by atoms with Crippen molar-refractivity contribution in [1.82, 2.24) is 0 Å². The van der Waals surface area contributed by atoms with E-state index in [1.807, 2.05) is 0 Å². The second kappa shape index (κ2) is 5.73. The molecular weight excluding hydrogens is 303 g/mol. The van der Waals surface area contributed by atoms with Crippen molar-refractivity contribution in [3.63, 3.8) is 0 Å². The molecule has 0 aliphatic carbocycles. The maximum atomic E-state index is 13.9. The van der Waals surface area contributed by atoms with E-state index < -0.39 is 23.6 Å². The van der Waals surface area contributed by atoms with Crippen LogP contribution in [-0.2, 0) is 12.1 Å². The summed E-state index contributed by atoms with van der Waals surface area (Å²) in [6.45, 7) is 2.72. The van der Waals surface area contributed by atoms with Gasteiger partial charge in [-0.15, -0.1) is 0 Å². The number of hydrogen-bond acceptors (Lipinski definition) is 1. The fourth-order valence-corrected chi connectivity index (χ4v) is 1.85. The van der Waals surface area contributed by atoms with Gasteiger partial charge in [-0.1, -0.05) is 20.4 Å². The molecule has 0 amide bonds. The van der Waals surface area contributed by atoms with Gasteiger partial charge in [-0.2, -0.15) is 26.3 Å². The quantitative estimate of drug-likeness (QED) is 0.598. The fraction of sp³-hybridized carbons (Fsp3) is 0.538. The Kier molecular flexibility index (Phi) is 5.33. The Morgan fingerprint density at radius 2 is 1.38 bits per heavy atom. The van der Waals surface area contributed by atoms with E-state index in [1.54, 1.807) is 0 Å². The van der Waals surface area contributed by atoms with E-state index >= 15 is 0 Å². The maximum Gasteiger partial charge on any atom is 0.435 e. The Hall–Kier alpha value is -1.47. The monoisotopic (exact) mass is 319 g/mol. The van der Waals surface area contributed by atoms with Crippen LogP contribution in [-0.4, -0.2) is 12.4 Å². The van der Waals surface area contributed by atoms with Crippen molar-refractivity contribution in [3.05, 3.63) is 28.8 Å². The van der Waals surface area contributed by atoms with Gasteiger partial charge in [0.25, 0.3) is 0 Å². The maximum absolute atomic E-state index is 13.9. The van der Waals surface area contributed by atoms with Gasteiger partial charge < -0.3 is 5.73 Å². The van der Waals surface area contributed by atoms with Gasteiger partial charge in [0.05, 0.1) is 0 Å². The Labute approximate surface area is 117 Å². The lowest BCUT2D eigenvalue weighted by molar-refractivity contribution is -0.348. The second-order valence-corrected chi connectivity index (χ2v) is 4.37. The Morgan fingerprint density at radius 3 is 1.71 bits per heavy atom. The molecule has 0 saturated heterocycles. The standard InChI is InChI=1S/C12H12F7N.CH4/c1-3-7-5-8(4-6(2)9(7)20)10(13,11(14,15)16)12(17,18)19;/h4-5H,3,20H2,1-2H3;1H4. The molecule has 0 radical (unpaired) electrons. The molecule has 0 aliphatic heterocycles. The first-order valence-corrected chi connectivity index (χ1v) is 5.58. The number of aryl methyl sites for hydroxylation is 2. The molecule has 0 heterocycles. The third-order valence-electron chi connectivity index (χ3n) is 3.03. The summed E-state index contributed by atoms with van der Waals surface area (Å²) in [7, 11) is 0. The van der Waals surface area contributed by atoms with Crippen LogP contribution in [0.2, 0.25) is 0 Å². The molecule has 1 aromatic rings. The third kappa shape index (κ3) is 3.08. The highest BCUT2D eigenvalue weighted by atomic mass is 19.4. The first-order chi connectivity index (χ1) is 8.86. The van der Waals surface area contributed by atoms with Crippen LogP contribution >= 0.6 is 0 Å². The summed E-state index contributed by atoms with van der Waals surface area (Å²) in [4.78, 5) is 0. The lowest BCUT2D eigenvalue weighted by Crippen LogP contribution is -2.50. The van der Waals surface area contributed by atoms with E-state index in [4.69, 9.17) is 5.73 Å². The summed E-state index contributed by atoms with van der Waals surface area (Å²) >= 11 is 0. The highest BCUT2D eigenvalue weighted by molar-refractivity contribution is 5.56. The molecule has 0 aliphatic rings. The van der Waals surface area contributed by atoms with Crippen LogP contribution in [0.15, 0.2) is 12.1 Å². The van der Waals surface area contributed by atoms with Crippen molar-refractivity contribution in [3.8, 4) is 0 Å². The molecule has 0 spiro atoms. The van der Waals surface area contributed by atoms with Crippen molar-refractivity contribution < 1.29 is 30.7 Å². The summed E-state index contributed by atoms with van der Waals surface area (Å²) in [6.07, 6.45) is -12.1. The molecular formula is C13H16F7N. The minimum absolute atomic E-state index is 0. The molecule has 0 bridgehead atoms. The molecule has 2 N–H and O–H groups in total. The lowest BCUT2D eigenvalue weighted by Gasteiger charge is -2.31. The SMILES string of the molecule is C.CCc1cc(C(F)(C(F)(F)F)C(F)(F)F)cc(C)c1N. The van der Waals surface area contributed by atoms with Crippen molar-refractivity contribution in [1.29, 1.82) is 0 Å². The Balaban J connectivity index is 0.00000400. The van der Waals surface area contributed by atoms with Gasteiger partial charge in [-0.05, 0) is 30.5 Å². The minimum Gasteiger partial charge on any atom is -0.398 e. The molecule has 122 valence electrons. The van der Waals surface area contributed by atoms with E-state index in [9.17, 15) is 30.7 Å². The Morgan fingerprint density at radius 1 is 0.952 bits per heavy atom. The van der Waals surface area contributed by atoms with Gasteiger partial charge in [0.1, 0.15) is 0 Å². The van der Waals surface area contributed by atoms with Gasteiger partial charge >= 0.3 is 18.0 Å². The van der Waals surface area contributed by atoms with E-state index in [0.29, 0.717) is 12.1 Å². The van der Waals surface area contributed by atoms with Gasteiger partial charge in [-0.25, -0.2) is 4.39 Å². The van der Waals surface area contributed by atoms with Crippen molar-refractivity contribution in [2.45, 2.75) is 45.7 Å². The normalized spacial score (nSPS) is 13.0. The van der Waals surface area contributed by atoms with Crippen LogP contribution in [0.5, 0.6) is 0 Å². The molecule has 0 atom stereocenters. The number of rotatable bonds is 2. The van der Waals surface area contributed by atoms with Crippen LogP contribution in [0.4, 0.5) is 36.4 Å². The van der Waals surface area contributed by atoms with Crippen molar-refractivity contribution >= 4 is 5.69 Å². The number of hydrogen-bond donors (Lipinski definition) is 1. The molecule has 21 heavy (non-hydrogen) atoms. The van der Waals surface area contributed by atoms with Crippen LogP contribution in [0.3, 0.4) is 0 Å². The van der Waals surface area contributed by atoms with Crippen LogP contribution < -0.4 is 5.73 Å². The average Bonchev–Trinajstić information content (AvgIpc) is 2.28. The summed E-state index contributed by atoms with van der Waals surface area (Å²) in [5, 5.41) is 0. The number of nitrogen functional groups attached to an aromatic ring is 1. The summed E-state index contributed by atoms with van der Waals surface area (Å²) < 4.78 is 89.6. The summed E-state index contributed by atoms with van der Waals surface area (Å²) in [6, 6.07) is 0.999. The first-order valence-electron chi connectivity index (χ1n) is 5.58. The van der Waals surface area contributed by atoms with Gasteiger partial charge in [0.2, 0.25) is 0 Å². The summed E-state index contributed by atoms with van der Waals surface area (Å²) in [5.41, 5.74) is -1.31. The Bertz CT molecular complexity index is 488. The summed E-state index contributed by atoms with van der Waals surface area (Å²) in [5.74, 6) is 0. The molecule has 8 heteroatoms. The van der Waals surface area contributed by atoms with E-state index in [-0.39, 0.29) is 30.7 Å². The molecule has 0 unspecified atom stereocenters.